The fraction of sp³-hybridized carbons (Fsp3) is 0.333. The number of hydrogen-bond donors (Lipinski definition) is 1. The maximum Gasteiger partial charge on any atom is 0.175 e. The van der Waals surface area contributed by atoms with E-state index in [0.717, 1.165) is 11.1 Å². The molecule has 0 amide bonds. The zero-order valence-corrected chi connectivity index (χ0v) is 14.8. The highest BCUT2D eigenvalue weighted by molar-refractivity contribution is 7.94. The van der Waals surface area contributed by atoms with E-state index in [2.05, 4.69) is 0 Å². The highest BCUT2D eigenvalue weighted by Gasteiger charge is 2.46. The van der Waals surface area contributed by atoms with Crippen LogP contribution in [0.15, 0.2) is 54.6 Å². The zero-order chi connectivity index (χ0) is 17.1. The van der Waals surface area contributed by atoms with E-state index in [4.69, 9.17) is 11.6 Å². The molecule has 0 saturated heterocycles. The van der Waals surface area contributed by atoms with Crippen molar-refractivity contribution < 1.29 is 13.5 Å². The molecule has 0 aliphatic heterocycles. The van der Waals surface area contributed by atoms with E-state index in [-0.39, 0.29) is 12.2 Å². The van der Waals surface area contributed by atoms with Gasteiger partial charge in [0, 0.05) is 5.75 Å². The molecule has 0 heterocycles. The highest BCUT2D eigenvalue weighted by atomic mass is 35.5. The van der Waals surface area contributed by atoms with Crippen molar-refractivity contribution in [1.29, 1.82) is 0 Å². The lowest BCUT2D eigenvalue weighted by atomic mass is 9.99. The summed E-state index contributed by atoms with van der Waals surface area (Å²) in [6.07, 6.45) is -1.14. The quantitative estimate of drug-likeness (QED) is 0.794. The summed E-state index contributed by atoms with van der Waals surface area (Å²) in [7, 11) is -3.60. The number of halogens is 1. The Hall–Kier alpha value is -1.36. The lowest BCUT2D eigenvalue weighted by Crippen LogP contribution is -2.39. The lowest BCUT2D eigenvalue weighted by Gasteiger charge is -2.30. The van der Waals surface area contributed by atoms with Gasteiger partial charge in [0.2, 0.25) is 0 Å². The topological polar surface area (TPSA) is 54.4 Å². The summed E-state index contributed by atoms with van der Waals surface area (Å²) in [5.41, 5.74) is 2.55. The maximum atomic E-state index is 12.3. The number of aliphatic hydroxyl groups is 1. The van der Waals surface area contributed by atoms with Crippen molar-refractivity contribution in [3.63, 3.8) is 0 Å². The maximum absolute atomic E-state index is 12.3. The van der Waals surface area contributed by atoms with Crippen LogP contribution in [-0.2, 0) is 9.84 Å². The zero-order valence-electron chi connectivity index (χ0n) is 13.2. The summed E-state index contributed by atoms with van der Waals surface area (Å²) in [5.74, 6) is -0.108. The Kier molecular flexibility index (Phi) is 5.50. The van der Waals surface area contributed by atoms with Gasteiger partial charge in [-0.15, -0.1) is 0 Å². The molecule has 0 aliphatic rings. The van der Waals surface area contributed by atoms with Gasteiger partial charge in [0.05, 0.1) is 0 Å². The van der Waals surface area contributed by atoms with Crippen LogP contribution in [0.4, 0.5) is 0 Å². The monoisotopic (exact) mass is 352 g/mol. The second-order valence-corrected chi connectivity index (χ2v) is 8.87. The van der Waals surface area contributed by atoms with E-state index in [0.29, 0.717) is 5.56 Å². The minimum atomic E-state index is -3.60. The molecule has 2 atom stereocenters. The average molecular weight is 353 g/mol. The van der Waals surface area contributed by atoms with E-state index >= 15 is 0 Å². The van der Waals surface area contributed by atoms with Crippen LogP contribution in [0.1, 0.15) is 31.9 Å². The summed E-state index contributed by atoms with van der Waals surface area (Å²) in [6, 6.07) is 17.0. The molecule has 124 valence electrons. The number of hydrogen-bond acceptors (Lipinski definition) is 3. The van der Waals surface area contributed by atoms with Gasteiger partial charge in [0.25, 0.3) is 0 Å². The molecule has 23 heavy (non-hydrogen) atoms. The number of aliphatic hydroxyl groups excluding tert-OH is 1. The van der Waals surface area contributed by atoms with Gasteiger partial charge in [-0.1, -0.05) is 80.0 Å². The van der Waals surface area contributed by atoms with Crippen LogP contribution >= 0.6 is 11.6 Å². The first-order valence-corrected chi connectivity index (χ1v) is 9.63. The number of sulfone groups is 1. The van der Waals surface area contributed by atoms with Gasteiger partial charge in [-0.3, -0.25) is 0 Å². The van der Waals surface area contributed by atoms with Gasteiger partial charge in [-0.05, 0) is 23.1 Å². The van der Waals surface area contributed by atoms with Gasteiger partial charge in [0.1, 0.15) is 6.10 Å². The van der Waals surface area contributed by atoms with Crippen LogP contribution in [0.2, 0.25) is 0 Å². The third-order valence-corrected chi connectivity index (χ3v) is 7.61. The number of benzene rings is 2. The molecule has 2 aromatic rings. The van der Waals surface area contributed by atoms with Crippen molar-refractivity contribution >= 4 is 21.4 Å². The van der Waals surface area contributed by atoms with Crippen LogP contribution in [0, 0.1) is 0 Å². The van der Waals surface area contributed by atoms with Gasteiger partial charge in [0.15, 0.2) is 14.0 Å². The first-order valence-electron chi connectivity index (χ1n) is 7.60. The average Bonchev–Trinajstić information content (AvgIpc) is 2.61. The van der Waals surface area contributed by atoms with Crippen molar-refractivity contribution in [1.82, 2.24) is 0 Å². The summed E-state index contributed by atoms with van der Waals surface area (Å²) in [6.45, 7) is 3.20. The molecule has 2 rings (SSSR count). The smallest absolute Gasteiger partial charge is 0.175 e. The predicted octanol–water partition coefficient (Wildman–Crippen LogP) is 4.17. The van der Waals surface area contributed by atoms with E-state index in [1.54, 1.807) is 19.1 Å². The minimum Gasteiger partial charge on any atom is -0.385 e. The fourth-order valence-electron chi connectivity index (χ4n) is 2.56. The molecule has 0 saturated carbocycles. The number of rotatable bonds is 6. The minimum absolute atomic E-state index is 0.108. The summed E-state index contributed by atoms with van der Waals surface area (Å²) in [4.78, 5) is 0. The Morgan fingerprint density at radius 3 is 2.00 bits per heavy atom. The van der Waals surface area contributed by atoms with Crippen molar-refractivity contribution in [3.8, 4) is 11.1 Å². The Balaban J connectivity index is 2.35. The fourth-order valence-corrected chi connectivity index (χ4v) is 4.41. The van der Waals surface area contributed by atoms with Gasteiger partial charge in [-0.2, -0.15) is 0 Å². The second kappa shape index (κ2) is 7.04. The molecule has 3 nitrogen and oxygen atoms in total. The second-order valence-electron chi connectivity index (χ2n) is 5.43. The summed E-state index contributed by atoms with van der Waals surface area (Å²) in [5, 5.41) is 10.6. The molecular weight excluding hydrogens is 332 g/mol. The molecular formula is C18H21ClO3S. The normalized spacial score (nSPS) is 15.8. The van der Waals surface area contributed by atoms with E-state index < -0.39 is 20.1 Å². The summed E-state index contributed by atoms with van der Waals surface area (Å²) >= 11 is 6.32. The molecule has 5 heteroatoms. The van der Waals surface area contributed by atoms with Gasteiger partial charge in [-0.25, -0.2) is 8.42 Å². The Bertz CT molecular complexity index is 742. The van der Waals surface area contributed by atoms with E-state index in [1.165, 1.54) is 6.92 Å². The molecule has 1 N–H and O–H groups in total. The van der Waals surface area contributed by atoms with Crippen molar-refractivity contribution in [2.24, 2.45) is 0 Å². The third-order valence-electron chi connectivity index (χ3n) is 4.12. The molecule has 0 aromatic heterocycles. The molecule has 0 unspecified atom stereocenters. The Labute approximate surface area is 142 Å². The van der Waals surface area contributed by atoms with E-state index in [1.807, 2.05) is 42.5 Å². The van der Waals surface area contributed by atoms with Crippen molar-refractivity contribution in [2.75, 3.05) is 5.75 Å². The first kappa shape index (κ1) is 18.0. The standard InChI is InChI=1S/C18H21ClO3S/c1-3-18(19,23(21,22)4-2)17(20)16-12-10-15(11-13-16)14-8-6-5-7-9-14/h5-13,17,20H,3-4H2,1-2H3/t17-,18-/m1/s1. The van der Waals surface area contributed by atoms with Crippen LogP contribution in [0.5, 0.6) is 0 Å². The molecule has 0 aliphatic carbocycles. The van der Waals surface area contributed by atoms with Gasteiger partial charge >= 0.3 is 0 Å². The van der Waals surface area contributed by atoms with Crippen LogP contribution in [0.3, 0.4) is 0 Å². The molecule has 0 bridgehead atoms. The van der Waals surface area contributed by atoms with Crippen LogP contribution < -0.4 is 0 Å². The number of alkyl halides is 1. The first-order chi connectivity index (χ1) is 10.9. The third kappa shape index (κ3) is 3.44. The van der Waals surface area contributed by atoms with Crippen molar-refractivity contribution in [3.05, 3.63) is 60.2 Å². The van der Waals surface area contributed by atoms with E-state index in [9.17, 15) is 13.5 Å². The Morgan fingerprint density at radius 2 is 1.52 bits per heavy atom. The largest absolute Gasteiger partial charge is 0.385 e. The predicted molar refractivity (Wildman–Crippen MR) is 95.2 cm³/mol. The molecule has 2 aromatic carbocycles. The van der Waals surface area contributed by atoms with Crippen LogP contribution in [-0.4, -0.2) is 23.5 Å². The SMILES string of the molecule is CC[C@](Cl)([C@H](O)c1ccc(-c2ccccc2)cc1)S(=O)(=O)CC. The summed E-state index contributed by atoms with van der Waals surface area (Å²) < 4.78 is 22.8. The highest BCUT2D eigenvalue weighted by Crippen LogP contribution is 2.40. The van der Waals surface area contributed by atoms with Crippen LogP contribution in [0.25, 0.3) is 11.1 Å². The lowest BCUT2D eigenvalue weighted by molar-refractivity contribution is 0.154. The van der Waals surface area contributed by atoms with Crippen molar-refractivity contribution in [2.45, 2.75) is 30.6 Å². The Morgan fingerprint density at radius 1 is 1.00 bits per heavy atom. The molecule has 0 radical (unpaired) electrons. The molecule has 0 spiro atoms. The molecule has 0 fully saturated rings. The van der Waals surface area contributed by atoms with Gasteiger partial charge < -0.3 is 5.11 Å².